The molecule has 6 aliphatic heterocycles. The van der Waals surface area contributed by atoms with Crippen LogP contribution in [0.25, 0.3) is 0 Å². The second kappa shape index (κ2) is 18.9. The molecule has 7 aliphatic rings. The molecule has 6 heterocycles. The molecule has 338 valence electrons. The number of rotatable bonds is 12. The lowest BCUT2D eigenvalue weighted by molar-refractivity contribution is -0.136. The van der Waals surface area contributed by atoms with Gasteiger partial charge in [0.25, 0.3) is 11.8 Å². The molecule has 0 bridgehead atoms. The molecule has 6 unspecified atom stereocenters. The van der Waals surface area contributed by atoms with E-state index in [1.807, 2.05) is 11.0 Å². The average Bonchev–Trinajstić information content (AvgIpc) is 4.00. The van der Waals surface area contributed by atoms with Crippen molar-refractivity contribution in [3.8, 4) is 0 Å². The summed E-state index contributed by atoms with van der Waals surface area (Å²) in [6.07, 6.45) is 9.00. The predicted molar refractivity (Wildman–Crippen MR) is 230 cm³/mol. The Morgan fingerprint density at radius 1 is 0.855 bits per heavy atom. The Morgan fingerprint density at radius 3 is 2.34 bits per heavy atom. The van der Waals surface area contributed by atoms with Crippen LogP contribution in [0.2, 0.25) is 0 Å². The van der Waals surface area contributed by atoms with Crippen molar-refractivity contribution in [1.82, 2.24) is 40.3 Å². The molecule has 4 N–H and O–H groups in total. The fourth-order valence-electron chi connectivity index (χ4n) is 10.6. The van der Waals surface area contributed by atoms with Gasteiger partial charge in [-0.2, -0.15) is 0 Å². The van der Waals surface area contributed by atoms with Crippen molar-refractivity contribution in [2.45, 2.75) is 81.8 Å². The van der Waals surface area contributed by atoms with E-state index < -0.39 is 45.6 Å². The highest BCUT2D eigenvalue weighted by atomic mass is 32.2. The van der Waals surface area contributed by atoms with Gasteiger partial charge in [0, 0.05) is 89.2 Å². The molecule has 7 amide bonds. The van der Waals surface area contributed by atoms with Crippen LogP contribution in [-0.4, -0.2) is 164 Å². The first-order chi connectivity index (χ1) is 29.7. The number of anilines is 1. The summed E-state index contributed by atoms with van der Waals surface area (Å²) >= 11 is 1.60. The molecule has 1 aromatic rings. The van der Waals surface area contributed by atoms with E-state index in [1.165, 1.54) is 17.0 Å². The Hall–Kier alpha value is -4.11. The molecule has 1 saturated carbocycles. The standard InChI is InChI=1S/C42H59N9O9S2/c1-62(59,60)50-23-31(26-6-3-2-4-7-26)32(24-50)38(55)43-21-36(53)46-42-44-33(25-61-42)27-8-5-14-49(22-27)37(54)13-15-47-16-18-48(19-17-47)28-9-10-29-30(20-28)41(58)51(40(29)57)34-11-12-35(52)45-39(34)56/h9-10,20,26-27,31-34,42,44H,2-8,11-19,21-25H2,1H3,(H,43,55)(H,46,53)(H,45,52,56). The van der Waals surface area contributed by atoms with Gasteiger partial charge in [-0.05, 0) is 55.2 Å². The second-order valence-corrected chi connectivity index (χ2v) is 21.1. The van der Waals surface area contributed by atoms with Crippen molar-refractivity contribution in [2.24, 2.45) is 23.7 Å². The van der Waals surface area contributed by atoms with Crippen molar-refractivity contribution in [1.29, 1.82) is 0 Å². The van der Waals surface area contributed by atoms with Crippen molar-refractivity contribution >= 4 is 68.8 Å². The summed E-state index contributed by atoms with van der Waals surface area (Å²) in [7, 11) is -3.43. The summed E-state index contributed by atoms with van der Waals surface area (Å²) in [4.78, 5) is 97.7. The van der Waals surface area contributed by atoms with E-state index in [-0.39, 0.29) is 78.2 Å². The molecule has 0 spiro atoms. The highest BCUT2D eigenvalue weighted by Crippen LogP contribution is 2.39. The minimum atomic E-state index is -3.43. The number of amides is 7. The van der Waals surface area contributed by atoms with Crippen LogP contribution in [-0.2, 0) is 34.0 Å². The molecule has 8 rings (SSSR count). The third-order valence-electron chi connectivity index (χ3n) is 14.1. The molecule has 0 radical (unpaired) electrons. The molecule has 20 heteroatoms. The lowest BCUT2D eigenvalue weighted by Crippen LogP contribution is -2.54. The van der Waals surface area contributed by atoms with Gasteiger partial charge in [0.15, 0.2) is 0 Å². The van der Waals surface area contributed by atoms with Gasteiger partial charge >= 0.3 is 0 Å². The first-order valence-corrected chi connectivity index (χ1v) is 25.1. The number of carbonyl (C=O) groups is 7. The zero-order valence-corrected chi connectivity index (χ0v) is 37.0. The maximum atomic E-state index is 13.5. The van der Waals surface area contributed by atoms with Crippen molar-refractivity contribution < 1.29 is 42.0 Å². The largest absolute Gasteiger partial charge is 0.369 e. The molecule has 1 aliphatic carbocycles. The minimum absolute atomic E-state index is 0.0454. The third kappa shape index (κ3) is 9.83. The Bertz CT molecular complexity index is 2060. The first kappa shape index (κ1) is 44.5. The fourth-order valence-corrected chi connectivity index (χ4v) is 12.7. The highest BCUT2D eigenvalue weighted by Gasteiger charge is 2.46. The second-order valence-electron chi connectivity index (χ2n) is 18.0. The van der Waals surface area contributed by atoms with E-state index in [0.29, 0.717) is 51.6 Å². The van der Waals surface area contributed by atoms with E-state index in [2.05, 4.69) is 31.1 Å². The van der Waals surface area contributed by atoms with Crippen LogP contribution in [0.1, 0.15) is 84.9 Å². The predicted octanol–water partition coefficient (Wildman–Crippen LogP) is 0.147. The van der Waals surface area contributed by atoms with Crippen LogP contribution < -0.4 is 26.2 Å². The number of nitrogens with zero attached hydrogens (tertiary/aromatic N) is 5. The van der Waals surface area contributed by atoms with Crippen LogP contribution in [0, 0.1) is 23.7 Å². The number of sulfonamides is 1. The highest BCUT2D eigenvalue weighted by molar-refractivity contribution is 8.00. The summed E-state index contributed by atoms with van der Waals surface area (Å²) in [6.45, 7) is 5.13. The summed E-state index contributed by atoms with van der Waals surface area (Å²) in [6, 6.07) is 4.28. The zero-order valence-electron chi connectivity index (χ0n) is 35.3. The smallest absolute Gasteiger partial charge is 0.262 e. The third-order valence-corrected chi connectivity index (χ3v) is 16.5. The number of carbonyl (C=O) groups excluding carboxylic acids is 7. The molecule has 1 aromatic carbocycles. The van der Waals surface area contributed by atoms with E-state index >= 15 is 0 Å². The van der Waals surface area contributed by atoms with Crippen LogP contribution in [0.15, 0.2) is 18.2 Å². The van der Waals surface area contributed by atoms with Gasteiger partial charge in [0.2, 0.25) is 39.6 Å². The van der Waals surface area contributed by atoms with Gasteiger partial charge in [-0.25, -0.2) is 12.7 Å². The number of piperidine rings is 2. The lowest BCUT2D eigenvalue weighted by atomic mass is 9.75. The summed E-state index contributed by atoms with van der Waals surface area (Å²) in [5.74, 6) is -1.74. The minimum Gasteiger partial charge on any atom is -0.369 e. The van der Waals surface area contributed by atoms with Crippen LogP contribution in [0.4, 0.5) is 5.69 Å². The molecule has 5 saturated heterocycles. The first-order valence-electron chi connectivity index (χ1n) is 22.2. The molecule has 0 aromatic heterocycles. The maximum Gasteiger partial charge on any atom is 0.262 e. The van der Waals surface area contributed by atoms with E-state index in [0.717, 1.165) is 68.0 Å². The van der Waals surface area contributed by atoms with Gasteiger partial charge in [-0.15, -0.1) is 11.8 Å². The van der Waals surface area contributed by atoms with Crippen LogP contribution in [0.3, 0.4) is 0 Å². The Kier molecular flexibility index (Phi) is 13.6. The number of imide groups is 2. The van der Waals surface area contributed by atoms with Gasteiger partial charge in [-0.3, -0.25) is 54.0 Å². The van der Waals surface area contributed by atoms with Crippen molar-refractivity contribution in [3.63, 3.8) is 0 Å². The van der Waals surface area contributed by atoms with E-state index in [1.54, 1.807) is 23.9 Å². The maximum absolute atomic E-state index is 13.5. The zero-order chi connectivity index (χ0) is 43.7. The quantitative estimate of drug-likeness (QED) is 0.206. The number of fused-ring (bicyclic) bond motifs is 1. The average molecular weight is 898 g/mol. The van der Waals surface area contributed by atoms with Gasteiger partial charge in [0.05, 0.1) is 29.8 Å². The van der Waals surface area contributed by atoms with Crippen molar-refractivity contribution in [3.05, 3.63) is 29.3 Å². The van der Waals surface area contributed by atoms with Crippen LogP contribution >= 0.6 is 11.8 Å². The topological polar surface area (TPSA) is 218 Å². The molecule has 62 heavy (non-hydrogen) atoms. The number of thioether (sulfide) groups is 1. The van der Waals surface area contributed by atoms with Gasteiger partial charge in [-0.1, -0.05) is 32.1 Å². The molecular weight excluding hydrogens is 839 g/mol. The van der Waals surface area contributed by atoms with Gasteiger partial charge < -0.3 is 20.4 Å². The number of nitrogens with one attached hydrogen (secondary N) is 4. The Labute approximate surface area is 367 Å². The van der Waals surface area contributed by atoms with E-state index in [9.17, 15) is 42.0 Å². The van der Waals surface area contributed by atoms with Crippen LogP contribution in [0.5, 0.6) is 0 Å². The monoisotopic (exact) mass is 897 g/mol. The SMILES string of the molecule is CS(=O)(=O)N1CC(C(=O)NCC(=O)NC2NC(C3CCCN(C(=O)CCN4CCN(c5ccc6c(c5)C(=O)N(C5CCC(=O)NC5=O)C6=O)CC4)C3)CS2)C(C2CCCCC2)C1. The fraction of sp³-hybridized carbons (Fsp3) is 0.690. The Balaban J connectivity index is 0.747. The number of benzene rings is 1. The number of likely N-dealkylation sites (tertiary alicyclic amines) is 1. The van der Waals surface area contributed by atoms with Gasteiger partial charge in [0.1, 0.15) is 11.5 Å². The molecule has 6 atom stereocenters. The number of hydrogen-bond donors (Lipinski definition) is 4. The molecular formula is C42H59N9O9S2. The van der Waals surface area contributed by atoms with Crippen molar-refractivity contribution in [2.75, 3.05) is 82.4 Å². The van der Waals surface area contributed by atoms with E-state index in [4.69, 9.17) is 0 Å². The normalized spacial score (nSPS) is 29.2. The number of piperazine rings is 1. The summed E-state index contributed by atoms with van der Waals surface area (Å²) in [5.41, 5.74) is 1.00. The Morgan fingerprint density at radius 2 is 1.60 bits per heavy atom. The molecule has 6 fully saturated rings. The number of hydrogen-bond acceptors (Lipinski definition) is 13. The summed E-state index contributed by atoms with van der Waals surface area (Å²) in [5, 5.41) is 11.5. The lowest BCUT2D eigenvalue weighted by Gasteiger charge is -2.38. The summed E-state index contributed by atoms with van der Waals surface area (Å²) < 4.78 is 26.2. The molecule has 18 nitrogen and oxygen atoms in total.